The number of ketones is 1. The molecule has 0 saturated heterocycles. The Morgan fingerprint density at radius 3 is 2.08 bits per heavy atom. The number of carbonyl (C=O) groups excluding carboxylic acids is 2. The van der Waals surface area contributed by atoms with Gasteiger partial charge in [0.05, 0.1) is 0 Å². The van der Waals surface area contributed by atoms with Gasteiger partial charge in [-0.15, -0.1) is 0 Å². The maximum Gasteiger partial charge on any atom is 0.220 e. The van der Waals surface area contributed by atoms with Crippen LogP contribution in [0.5, 0.6) is 0 Å². The van der Waals surface area contributed by atoms with Crippen molar-refractivity contribution >= 4 is 11.7 Å². The van der Waals surface area contributed by atoms with Gasteiger partial charge < -0.3 is 5.32 Å². The summed E-state index contributed by atoms with van der Waals surface area (Å²) in [5, 5.41) is 2.92. The van der Waals surface area contributed by atoms with Crippen LogP contribution in [0.3, 0.4) is 0 Å². The van der Waals surface area contributed by atoms with Gasteiger partial charge in [-0.05, 0) is 45.6 Å². The highest BCUT2D eigenvalue weighted by atomic mass is 16.1. The SMILES string of the molecule is CCCCCCCC(=O)/C=C/CCCCCCCC(=O)NC(C)C. The maximum absolute atomic E-state index is 11.7. The molecule has 0 bridgehead atoms. The summed E-state index contributed by atoms with van der Waals surface area (Å²) in [7, 11) is 0. The zero-order chi connectivity index (χ0) is 18.0. The van der Waals surface area contributed by atoms with Crippen molar-refractivity contribution in [1.29, 1.82) is 0 Å². The molecular weight excluding hydrogens is 298 g/mol. The lowest BCUT2D eigenvalue weighted by molar-refractivity contribution is -0.121. The molecule has 0 unspecified atom stereocenters. The molecule has 1 amide bonds. The van der Waals surface area contributed by atoms with E-state index in [1.807, 2.05) is 19.9 Å². The van der Waals surface area contributed by atoms with Gasteiger partial charge in [-0.2, -0.15) is 0 Å². The third-order valence-electron chi connectivity index (χ3n) is 4.05. The van der Waals surface area contributed by atoms with E-state index in [1.165, 1.54) is 38.5 Å². The van der Waals surface area contributed by atoms with Crippen molar-refractivity contribution in [1.82, 2.24) is 5.32 Å². The summed E-state index contributed by atoms with van der Waals surface area (Å²) >= 11 is 0. The minimum absolute atomic E-state index is 0.168. The minimum Gasteiger partial charge on any atom is -0.354 e. The predicted molar refractivity (Wildman–Crippen MR) is 103 cm³/mol. The van der Waals surface area contributed by atoms with Crippen molar-refractivity contribution in [2.24, 2.45) is 0 Å². The summed E-state index contributed by atoms with van der Waals surface area (Å²) in [6.07, 6.45) is 17.7. The van der Waals surface area contributed by atoms with Gasteiger partial charge in [0.2, 0.25) is 5.91 Å². The highest BCUT2D eigenvalue weighted by Crippen LogP contribution is 2.09. The van der Waals surface area contributed by atoms with Crippen molar-refractivity contribution in [2.75, 3.05) is 0 Å². The van der Waals surface area contributed by atoms with Gasteiger partial charge >= 0.3 is 0 Å². The molecule has 0 fully saturated rings. The normalized spacial score (nSPS) is 11.3. The second-order valence-electron chi connectivity index (χ2n) is 7.06. The zero-order valence-electron chi connectivity index (χ0n) is 16.2. The molecular formula is C21H39NO2. The van der Waals surface area contributed by atoms with Crippen molar-refractivity contribution in [3.63, 3.8) is 0 Å². The Morgan fingerprint density at radius 2 is 1.42 bits per heavy atom. The quantitative estimate of drug-likeness (QED) is 0.289. The van der Waals surface area contributed by atoms with E-state index in [0.717, 1.165) is 32.1 Å². The summed E-state index contributed by atoms with van der Waals surface area (Å²) in [4.78, 5) is 23.1. The smallest absolute Gasteiger partial charge is 0.220 e. The van der Waals surface area contributed by atoms with Gasteiger partial charge in [0.15, 0.2) is 5.78 Å². The Hall–Kier alpha value is -1.12. The molecule has 0 atom stereocenters. The third-order valence-corrected chi connectivity index (χ3v) is 4.05. The third kappa shape index (κ3) is 17.2. The second-order valence-corrected chi connectivity index (χ2v) is 7.06. The van der Waals surface area contributed by atoms with Crippen LogP contribution in [0.1, 0.15) is 104 Å². The van der Waals surface area contributed by atoms with Gasteiger partial charge in [0.25, 0.3) is 0 Å². The summed E-state index contributed by atoms with van der Waals surface area (Å²) in [6, 6.07) is 0.239. The highest BCUT2D eigenvalue weighted by molar-refractivity contribution is 5.89. The molecule has 0 saturated carbocycles. The van der Waals surface area contributed by atoms with Crippen molar-refractivity contribution in [3.8, 4) is 0 Å². The predicted octanol–water partition coefficient (Wildman–Crippen LogP) is 5.73. The van der Waals surface area contributed by atoms with E-state index in [4.69, 9.17) is 0 Å². The second kappa shape index (κ2) is 16.7. The summed E-state index contributed by atoms with van der Waals surface area (Å²) in [5.41, 5.74) is 0. The van der Waals surface area contributed by atoms with Gasteiger partial charge in [0.1, 0.15) is 0 Å². The number of carbonyl (C=O) groups is 2. The number of hydrogen-bond acceptors (Lipinski definition) is 2. The standard InChI is InChI=1S/C21H39NO2/c1-4-5-6-10-13-16-20(23)17-14-11-8-7-9-12-15-18-21(24)22-19(2)3/h14,17,19H,4-13,15-16,18H2,1-3H3,(H,22,24)/b17-14+. The molecule has 0 spiro atoms. The topological polar surface area (TPSA) is 46.2 Å². The van der Waals surface area contributed by atoms with Crippen molar-refractivity contribution < 1.29 is 9.59 Å². The van der Waals surface area contributed by atoms with E-state index in [0.29, 0.717) is 12.8 Å². The monoisotopic (exact) mass is 337 g/mol. The van der Waals surface area contributed by atoms with Crippen LogP contribution in [0, 0.1) is 0 Å². The molecule has 0 aliphatic heterocycles. The van der Waals surface area contributed by atoms with E-state index in [9.17, 15) is 9.59 Å². The molecule has 0 aliphatic carbocycles. The Labute approximate surface area is 149 Å². The number of unbranched alkanes of at least 4 members (excludes halogenated alkanes) is 9. The average Bonchev–Trinajstić information content (AvgIpc) is 2.52. The highest BCUT2D eigenvalue weighted by Gasteiger charge is 2.02. The van der Waals surface area contributed by atoms with Crippen LogP contribution in [0.15, 0.2) is 12.2 Å². The van der Waals surface area contributed by atoms with Gasteiger partial charge in [-0.3, -0.25) is 9.59 Å². The molecule has 0 aromatic carbocycles. The number of rotatable bonds is 16. The van der Waals surface area contributed by atoms with Crippen LogP contribution in [0.25, 0.3) is 0 Å². The van der Waals surface area contributed by atoms with E-state index in [1.54, 1.807) is 6.08 Å². The Balaban J connectivity index is 3.36. The van der Waals surface area contributed by atoms with Crippen molar-refractivity contribution in [2.45, 2.75) is 110 Å². The fourth-order valence-corrected chi connectivity index (χ4v) is 2.67. The molecule has 0 radical (unpaired) electrons. The first-order valence-corrected chi connectivity index (χ1v) is 10.0. The summed E-state index contributed by atoms with van der Waals surface area (Å²) in [6.45, 7) is 6.18. The Kier molecular flexibility index (Phi) is 15.9. The molecule has 0 aromatic heterocycles. The van der Waals surface area contributed by atoms with Gasteiger partial charge in [-0.1, -0.05) is 57.9 Å². The van der Waals surface area contributed by atoms with E-state index in [-0.39, 0.29) is 17.7 Å². The maximum atomic E-state index is 11.7. The van der Waals surface area contributed by atoms with Gasteiger partial charge in [-0.25, -0.2) is 0 Å². The lowest BCUT2D eigenvalue weighted by Crippen LogP contribution is -2.29. The number of hydrogen-bond donors (Lipinski definition) is 1. The fraction of sp³-hybridized carbons (Fsp3) is 0.810. The molecule has 24 heavy (non-hydrogen) atoms. The molecule has 0 aliphatic rings. The van der Waals surface area contributed by atoms with Crippen molar-refractivity contribution in [3.05, 3.63) is 12.2 Å². The first-order chi connectivity index (χ1) is 11.6. The van der Waals surface area contributed by atoms with Crippen LogP contribution in [-0.2, 0) is 9.59 Å². The van der Waals surface area contributed by atoms with Crippen LogP contribution >= 0.6 is 0 Å². The average molecular weight is 338 g/mol. The van der Waals surface area contributed by atoms with E-state index >= 15 is 0 Å². The molecule has 0 rings (SSSR count). The summed E-state index contributed by atoms with van der Waals surface area (Å²) < 4.78 is 0. The van der Waals surface area contributed by atoms with Crippen LogP contribution < -0.4 is 5.32 Å². The first-order valence-electron chi connectivity index (χ1n) is 10.0. The molecule has 140 valence electrons. The number of allylic oxidation sites excluding steroid dienone is 2. The molecule has 3 nitrogen and oxygen atoms in total. The molecule has 0 heterocycles. The zero-order valence-corrected chi connectivity index (χ0v) is 16.2. The fourth-order valence-electron chi connectivity index (χ4n) is 2.67. The molecule has 0 aromatic rings. The van der Waals surface area contributed by atoms with E-state index in [2.05, 4.69) is 12.2 Å². The van der Waals surface area contributed by atoms with E-state index < -0.39 is 0 Å². The lowest BCUT2D eigenvalue weighted by Gasteiger charge is -2.07. The molecule has 1 N–H and O–H groups in total. The Bertz CT molecular complexity index is 348. The van der Waals surface area contributed by atoms with Crippen LogP contribution in [-0.4, -0.2) is 17.7 Å². The number of amides is 1. The van der Waals surface area contributed by atoms with Crippen LogP contribution in [0.2, 0.25) is 0 Å². The molecule has 3 heteroatoms. The number of nitrogens with one attached hydrogen (secondary N) is 1. The van der Waals surface area contributed by atoms with Crippen LogP contribution in [0.4, 0.5) is 0 Å². The lowest BCUT2D eigenvalue weighted by atomic mass is 10.1. The largest absolute Gasteiger partial charge is 0.354 e. The Morgan fingerprint density at radius 1 is 0.833 bits per heavy atom. The minimum atomic E-state index is 0.168. The summed E-state index contributed by atoms with van der Waals surface area (Å²) in [5.74, 6) is 0.448. The first kappa shape index (κ1) is 22.9. The van der Waals surface area contributed by atoms with Gasteiger partial charge in [0, 0.05) is 18.9 Å².